The highest BCUT2D eigenvalue weighted by Gasteiger charge is 2.14. The van der Waals surface area contributed by atoms with Gasteiger partial charge in [-0.1, -0.05) is 32.9 Å². The maximum absolute atomic E-state index is 13.6. The summed E-state index contributed by atoms with van der Waals surface area (Å²) in [6.45, 7) is 6.79. The van der Waals surface area contributed by atoms with Crippen LogP contribution >= 0.6 is 11.8 Å². The molecule has 15 heavy (non-hydrogen) atoms. The molecule has 0 aliphatic carbocycles. The van der Waals surface area contributed by atoms with E-state index in [1.54, 1.807) is 17.8 Å². The average Bonchev–Trinajstić information content (AvgIpc) is 2.20. The van der Waals surface area contributed by atoms with Crippen LogP contribution in [0.25, 0.3) is 0 Å². The molecular formula is C12H18FNS. The van der Waals surface area contributed by atoms with E-state index < -0.39 is 0 Å². The highest BCUT2D eigenvalue weighted by atomic mass is 32.2. The van der Waals surface area contributed by atoms with E-state index in [0.29, 0.717) is 22.6 Å². The van der Waals surface area contributed by atoms with Gasteiger partial charge >= 0.3 is 0 Å². The molecule has 0 saturated carbocycles. The van der Waals surface area contributed by atoms with Crippen molar-refractivity contribution in [1.82, 2.24) is 0 Å². The molecule has 0 aliphatic heterocycles. The van der Waals surface area contributed by atoms with E-state index in [9.17, 15) is 4.39 Å². The molecule has 0 aliphatic rings. The first-order valence-corrected chi connectivity index (χ1v) is 6.08. The summed E-state index contributed by atoms with van der Waals surface area (Å²) in [5.41, 5.74) is 6.49. The molecule has 0 fully saturated rings. The molecule has 0 heterocycles. The van der Waals surface area contributed by atoms with Gasteiger partial charge in [0, 0.05) is 16.7 Å². The summed E-state index contributed by atoms with van der Waals surface area (Å²) >= 11 is 1.57. The van der Waals surface area contributed by atoms with E-state index in [1.807, 2.05) is 6.07 Å². The van der Waals surface area contributed by atoms with Crippen molar-refractivity contribution in [2.24, 2.45) is 11.7 Å². The van der Waals surface area contributed by atoms with Crippen molar-refractivity contribution < 1.29 is 4.39 Å². The molecule has 0 radical (unpaired) electrons. The van der Waals surface area contributed by atoms with Gasteiger partial charge in [-0.25, -0.2) is 4.39 Å². The van der Waals surface area contributed by atoms with E-state index >= 15 is 0 Å². The van der Waals surface area contributed by atoms with Gasteiger partial charge in [0.25, 0.3) is 0 Å². The zero-order chi connectivity index (χ0) is 11.4. The summed E-state index contributed by atoms with van der Waals surface area (Å²) in [5, 5.41) is 0.396. The zero-order valence-corrected chi connectivity index (χ0v) is 10.3. The van der Waals surface area contributed by atoms with Crippen molar-refractivity contribution >= 4 is 11.8 Å². The summed E-state index contributed by atoms with van der Waals surface area (Å²) < 4.78 is 13.6. The Balaban J connectivity index is 2.92. The minimum atomic E-state index is -0.157. The van der Waals surface area contributed by atoms with Crippen molar-refractivity contribution in [3.05, 3.63) is 29.6 Å². The number of benzene rings is 1. The second-order valence-electron chi connectivity index (χ2n) is 4.00. The minimum absolute atomic E-state index is 0.157. The molecule has 1 atom stereocenters. The van der Waals surface area contributed by atoms with Crippen molar-refractivity contribution in [2.75, 3.05) is 0 Å². The number of hydrogen-bond donors (Lipinski definition) is 1. The topological polar surface area (TPSA) is 26.0 Å². The van der Waals surface area contributed by atoms with Gasteiger partial charge in [0.2, 0.25) is 0 Å². The van der Waals surface area contributed by atoms with Crippen LogP contribution < -0.4 is 5.73 Å². The van der Waals surface area contributed by atoms with Crippen LogP contribution in [0.3, 0.4) is 0 Å². The van der Waals surface area contributed by atoms with Crippen molar-refractivity contribution in [3.63, 3.8) is 0 Å². The first-order valence-electron chi connectivity index (χ1n) is 5.20. The average molecular weight is 227 g/mol. The predicted molar refractivity (Wildman–Crippen MR) is 64.4 cm³/mol. The summed E-state index contributed by atoms with van der Waals surface area (Å²) in [6, 6.07) is 5.09. The third kappa shape index (κ3) is 3.21. The maximum Gasteiger partial charge on any atom is 0.137 e. The quantitative estimate of drug-likeness (QED) is 0.798. The number of nitrogens with two attached hydrogens (primary N) is 1. The first kappa shape index (κ1) is 12.5. The van der Waals surface area contributed by atoms with Crippen molar-refractivity contribution in [2.45, 2.75) is 37.5 Å². The summed E-state index contributed by atoms with van der Waals surface area (Å²) in [4.78, 5) is 0.709. The van der Waals surface area contributed by atoms with Crippen LogP contribution in [0.15, 0.2) is 23.1 Å². The fourth-order valence-corrected chi connectivity index (χ4v) is 2.30. The van der Waals surface area contributed by atoms with Gasteiger partial charge in [-0.05, 0) is 17.5 Å². The Kier molecular flexibility index (Phi) is 4.61. The second-order valence-corrected chi connectivity index (χ2v) is 5.39. The normalized spacial score (nSPS) is 13.2. The lowest BCUT2D eigenvalue weighted by Gasteiger charge is -2.17. The smallest absolute Gasteiger partial charge is 0.137 e. The predicted octanol–water partition coefficient (Wildman–Crippen LogP) is 3.42. The Morgan fingerprint density at radius 3 is 2.53 bits per heavy atom. The molecule has 0 saturated heterocycles. The Hall–Kier alpha value is -0.540. The van der Waals surface area contributed by atoms with Crippen LogP contribution in [0.4, 0.5) is 4.39 Å². The van der Waals surface area contributed by atoms with E-state index in [4.69, 9.17) is 5.73 Å². The van der Waals surface area contributed by atoms with E-state index in [1.165, 1.54) is 6.07 Å². The van der Waals surface area contributed by atoms with Gasteiger partial charge in [0.15, 0.2) is 0 Å². The lowest BCUT2D eigenvalue weighted by atomic mass is 10.2. The number of hydrogen-bond acceptors (Lipinski definition) is 2. The van der Waals surface area contributed by atoms with Crippen LogP contribution in [0.5, 0.6) is 0 Å². The molecular weight excluding hydrogens is 209 g/mol. The monoisotopic (exact) mass is 227 g/mol. The molecule has 1 rings (SSSR count). The lowest BCUT2D eigenvalue weighted by Crippen LogP contribution is -2.08. The van der Waals surface area contributed by atoms with Gasteiger partial charge in [0.1, 0.15) is 5.82 Å². The SMILES string of the molecule is CC(C)C(C)Sc1c(F)cccc1CN. The van der Waals surface area contributed by atoms with Crippen LogP contribution in [-0.4, -0.2) is 5.25 Å². The Bertz CT molecular complexity index is 325. The Labute approximate surface area is 95.2 Å². The standard InChI is InChI=1S/C12H18FNS/c1-8(2)9(3)15-12-10(7-14)5-4-6-11(12)13/h4-6,8-9H,7,14H2,1-3H3. The van der Waals surface area contributed by atoms with E-state index in [2.05, 4.69) is 20.8 Å². The molecule has 2 N–H and O–H groups in total. The van der Waals surface area contributed by atoms with E-state index in [-0.39, 0.29) is 5.82 Å². The van der Waals surface area contributed by atoms with Crippen molar-refractivity contribution in [1.29, 1.82) is 0 Å². The highest BCUT2D eigenvalue weighted by Crippen LogP contribution is 2.32. The summed E-state index contributed by atoms with van der Waals surface area (Å²) in [6.07, 6.45) is 0. The maximum atomic E-state index is 13.6. The molecule has 84 valence electrons. The zero-order valence-electron chi connectivity index (χ0n) is 9.46. The third-order valence-corrected chi connectivity index (χ3v) is 4.12. The van der Waals surface area contributed by atoms with Gasteiger partial charge in [-0.3, -0.25) is 0 Å². The van der Waals surface area contributed by atoms with Crippen LogP contribution in [-0.2, 0) is 6.54 Å². The van der Waals surface area contributed by atoms with Gasteiger partial charge < -0.3 is 5.73 Å². The van der Waals surface area contributed by atoms with Crippen molar-refractivity contribution in [3.8, 4) is 0 Å². The fourth-order valence-electron chi connectivity index (χ4n) is 1.17. The molecule has 0 bridgehead atoms. The Morgan fingerprint density at radius 1 is 1.33 bits per heavy atom. The first-order chi connectivity index (χ1) is 7.06. The van der Waals surface area contributed by atoms with Gasteiger partial charge in [-0.15, -0.1) is 11.8 Å². The van der Waals surface area contributed by atoms with Gasteiger partial charge in [0.05, 0.1) is 0 Å². The Morgan fingerprint density at radius 2 is 2.00 bits per heavy atom. The molecule has 0 spiro atoms. The molecule has 3 heteroatoms. The molecule has 0 amide bonds. The molecule has 1 nitrogen and oxygen atoms in total. The highest BCUT2D eigenvalue weighted by molar-refractivity contribution is 8.00. The van der Waals surface area contributed by atoms with Gasteiger partial charge in [-0.2, -0.15) is 0 Å². The van der Waals surface area contributed by atoms with Crippen LogP contribution in [0.2, 0.25) is 0 Å². The fraction of sp³-hybridized carbons (Fsp3) is 0.500. The number of halogens is 1. The molecule has 0 aromatic heterocycles. The van der Waals surface area contributed by atoms with Crippen LogP contribution in [0, 0.1) is 11.7 Å². The number of rotatable bonds is 4. The lowest BCUT2D eigenvalue weighted by molar-refractivity contribution is 0.593. The summed E-state index contributed by atoms with van der Waals surface area (Å²) in [7, 11) is 0. The summed E-state index contributed by atoms with van der Waals surface area (Å²) in [5.74, 6) is 0.371. The third-order valence-electron chi connectivity index (χ3n) is 2.51. The largest absolute Gasteiger partial charge is 0.326 e. The van der Waals surface area contributed by atoms with E-state index in [0.717, 1.165) is 5.56 Å². The minimum Gasteiger partial charge on any atom is -0.326 e. The second kappa shape index (κ2) is 5.52. The van der Waals surface area contributed by atoms with Crippen LogP contribution in [0.1, 0.15) is 26.3 Å². The molecule has 1 unspecified atom stereocenters. The number of thioether (sulfide) groups is 1. The molecule has 1 aromatic carbocycles. The molecule has 1 aromatic rings.